The predicted octanol–water partition coefficient (Wildman–Crippen LogP) is 1.07. The van der Waals surface area contributed by atoms with E-state index < -0.39 is 76.5 Å². The lowest BCUT2D eigenvalue weighted by Gasteiger charge is -2.62. The standard InChI is InChI=1S/C24H44N2O10/c1-10-14-20(4,30)15(11-27)35-19(3,21(14,5)26-25)13-34-12-18(2)16(17(28)29)36-24(8,33-9)23(7,32)22(18,6)31/h14-16,25,27,30-32H,10-13H2,1-9H3,(H,28,29)/t14?,15?,16?,18?,19-,20-,21-,22?,23-,24?/m0/s1. The molecule has 12 nitrogen and oxygen atoms in total. The Labute approximate surface area is 212 Å². The molecule has 210 valence electrons. The van der Waals surface area contributed by atoms with E-state index in [2.05, 4.69) is 5.11 Å². The first-order valence-corrected chi connectivity index (χ1v) is 12.1. The Morgan fingerprint density at radius 1 is 1.00 bits per heavy atom. The quantitative estimate of drug-likeness (QED) is 0.240. The Hall–Kier alpha value is -1.25. The number of aliphatic carboxylic acids is 1. The molecule has 0 aromatic carbocycles. The van der Waals surface area contributed by atoms with Crippen LogP contribution in [0.4, 0.5) is 0 Å². The normalized spacial score (nSPS) is 51.6. The molecule has 0 bridgehead atoms. The number of nitrogens with one attached hydrogen (secondary N) is 1. The van der Waals surface area contributed by atoms with Gasteiger partial charge in [0.25, 0.3) is 0 Å². The Balaban J connectivity index is 2.45. The molecule has 0 aliphatic carbocycles. The third-order valence-electron chi connectivity index (χ3n) is 9.57. The van der Waals surface area contributed by atoms with Gasteiger partial charge in [0.1, 0.15) is 28.4 Å². The molecular weight excluding hydrogens is 476 g/mol. The maximum absolute atomic E-state index is 12.2. The van der Waals surface area contributed by atoms with Gasteiger partial charge in [-0.2, -0.15) is 5.11 Å². The molecule has 6 unspecified atom stereocenters. The van der Waals surface area contributed by atoms with Crippen molar-refractivity contribution in [3.8, 4) is 0 Å². The zero-order valence-electron chi connectivity index (χ0n) is 22.8. The van der Waals surface area contributed by atoms with Crippen LogP contribution in [0, 0.1) is 16.9 Å². The van der Waals surface area contributed by atoms with Crippen molar-refractivity contribution in [3.63, 3.8) is 0 Å². The largest absolute Gasteiger partial charge is 0.479 e. The van der Waals surface area contributed by atoms with Crippen LogP contribution in [0.5, 0.6) is 0 Å². The van der Waals surface area contributed by atoms with E-state index in [1.807, 2.05) is 6.92 Å². The Morgan fingerprint density at radius 3 is 1.97 bits per heavy atom. The number of rotatable bonds is 9. The summed E-state index contributed by atoms with van der Waals surface area (Å²) in [6.45, 7) is 11.0. The van der Waals surface area contributed by atoms with E-state index in [0.29, 0.717) is 6.42 Å². The van der Waals surface area contributed by atoms with E-state index in [1.54, 1.807) is 13.8 Å². The molecule has 6 N–H and O–H groups in total. The van der Waals surface area contributed by atoms with Gasteiger partial charge in [-0.05, 0) is 48.0 Å². The van der Waals surface area contributed by atoms with Crippen molar-refractivity contribution in [1.29, 1.82) is 5.53 Å². The molecule has 0 aromatic heterocycles. The van der Waals surface area contributed by atoms with Crippen molar-refractivity contribution in [3.05, 3.63) is 0 Å². The van der Waals surface area contributed by atoms with Gasteiger partial charge in [0.05, 0.1) is 30.8 Å². The Kier molecular flexibility index (Phi) is 8.17. The number of carbonyl (C=O) groups is 1. The van der Waals surface area contributed by atoms with Crippen molar-refractivity contribution in [2.75, 3.05) is 26.9 Å². The highest BCUT2D eigenvalue weighted by Gasteiger charge is 2.72. The second-order valence-electron chi connectivity index (χ2n) is 11.5. The number of aliphatic hydroxyl groups excluding tert-OH is 1. The summed E-state index contributed by atoms with van der Waals surface area (Å²) < 4.78 is 23.1. The SMILES string of the molecule is CCC1[C@](C)(O)C(CO)O[C@@](C)(COCC2(C)C(C(=O)O)OC(C)(OC)[C@@](C)(O)C2(C)O)[C@@]1(C)N=N. The molecule has 2 aliphatic heterocycles. The van der Waals surface area contributed by atoms with Crippen molar-refractivity contribution in [1.82, 2.24) is 0 Å². The zero-order valence-corrected chi connectivity index (χ0v) is 22.8. The number of hydrogen-bond acceptors (Lipinski definition) is 11. The number of hydrogen-bond donors (Lipinski definition) is 6. The van der Waals surface area contributed by atoms with E-state index in [9.17, 15) is 30.3 Å². The fraction of sp³-hybridized carbons (Fsp3) is 0.958. The number of carboxylic acid groups (broad SMARTS) is 1. The van der Waals surface area contributed by atoms with Crippen LogP contribution in [0.25, 0.3) is 0 Å². The summed E-state index contributed by atoms with van der Waals surface area (Å²) in [6.07, 6.45) is -2.18. The van der Waals surface area contributed by atoms with Gasteiger partial charge in [0.15, 0.2) is 11.9 Å². The zero-order chi connectivity index (χ0) is 28.2. The van der Waals surface area contributed by atoms with E-state index in [4.69, 9.17) is 24.5 Å². The van der Waals surface area contributed by atoms with Crippen LogP contribution >= 0.6 is 0 Å². The van der Waals surface area contributed by atoms with E-state index in [1.165, 1.54) is 41.7 Å². The van der Waals surface area contributed by atoms with Crippen molar-refractivity contribution >= 4 is 5.97 Å². The van der Waals surface area contributed by atoms with Crippen LogP contribution in [-0.2, 0) is 23.7 Å². The smallest absolute Gasteiger partial charge is 0.333 e. The maximum Gasteiger partial charge on any atom is 0.333 e. The van der Waals surface area contributed by atoms with Crippen LogP contribution in [0.1, 0.15) is 61.8 Å². The van der Waals surface area contributed by atoms with Gasteiger partial charge in [0, 0.05) is 13.0 Å². The minimum Gasteiger partial charge on any atom is -0.479 e. The highest BCUT2D eigenvalue weighted by atomic mass is 16.7. The van der Waals surface area contributed by atoms with Gasteiger partial charge in [0.2, 0.25) is 0 Å². The molecule has 0 saturated carbocycles. The molecule has 36 heavy (non-hydrogen) atoms. The first kappa shape index (κ1) is 31.0. The van der Waals surface area contributed by atoms with E-state index in [-0.39, 0.29) is 6.61 Å². The summed E-state index contributed by atoms with van der Waals surface area (Å²) in [4.78, 5) is 12.2. The molecule has 10 atom stereocenters. The summed E-state index contributed by atoms with van der Waals surface area (Å²) in [5, 5.41) is 57.7. The molecule has 2 fully saturated rings. The van der Waals surface area contributed by atoms with Crippen LogP contribution in [0.3, 0.4) is 0 Å². The minimum absolute atomic E-state index is 0.226. The fourth-order valence-electron chi connectivity index (χ4n) is 6.09. The topological polar surface area (TPSA) is 191 Å². The third-order valence-corrected chi connectivity index (χ3v) is 9.57. The van der Waals surface area contributed by atoms with Gasteiger partial charge < -0.3 is 44.5 Å². The number of nitrogens with zero attached hydrogens (tertiary/aromatic N) is 1. The van der Waals surface area contributed by atoms with Crippen LogP contribution in [0.15, 0.2) is 5.11 Å². The summed E-state index contributed by atoms with van der Waals surface area (Å²) in [6, 6.07) is 0. The molecule has 2 aliphatic rings. The van der Waals surface area contributed by atoms with Gasteiger partial charge in [-0.15, -0.1) is 0 Å². The van der Waals surface area contributed by atoms with Crippen LogP contribution < -0.4 is 0 Å². The molecule has 0 radical (unpaired) electrons. The lowest BCUT2D eigenvalue weighted by atomic mass is 9.58. The molecule has 2 saturated heterocycles. The molecule has 0 amide bonds. The highest BCUT2D eigenvalue weighted by molar-refractivity contribution is 5.74. The molecule has 2 rings (SSSR count). The Bertz CT molecular complexity index is 851. The number of aliphatic hydroxyl groups is 4. The average molecular weight is 521 g/mol. The summed E-state index contributed by atoms with van der Waals surface area (Å²) >= 11 is 0. The number of methoxy groups -OCH3 is 1. The van der Waals surface area contributed by atoms with Gasteiger partial charge in [-0.1, -0.05) is 13.8 Å². The number of ether oxygens (including phenoxy) is 4. The molecule has 0 aromatic rings. The summed E-state index contributed by atoms with van der Waals surface area (Å²) in [5.74, 6) is -3.79. The minimum atomic E-state index is -2.08. The highest BCUT2D eigenvalue weighted by Crippen LogP contribution is 2.55. The third kappa shape index (κ3) is 4.01. The second kappa shape index (κ2) is 9.49. The van der Waals surface area contributed by atoms with Crippen molar-refractivity contribution in [2.45, 2.75) is 108 Å². The van der Waals surface area contributed by atoms with Crippen molar-refractivity contribution < 1.29 is 49.3 Å². The van der Waals surface area contributed by atoms with E-state index >= 15 is 0 Å². The lowest BCUT2D eigenvalue weighted by molar-refractivity contribution is -0.417. The predicted molar refractivity (Wildman–Crippen MR) is 126 cm³/mol. The Morgan fingerprint density at radius 2 is 1.56 bits per heavy atom. The first-order valence-electron chi connectivity index (χ1n) is 12.1. The fourth-order valence-corrected chi connectivity index (χ4v) is 6.09. The molecule has 0 spiro atoms. The average Bonchev–Trinajstić information content (AvgIpc) is 2.78. The molecule has 12 heteroatoms. The summed E-state index contributed by atoms with van der Waals surface area (Å²) in [5.41, 5.74) is -1.91. The van der Waals surface area contributed by atoms with Crippen molar-refractivity contribution in [2.24, 2.45) is 16.4 Å². The summed E-state index contributed by atoms with van der Waals surface area (Å²) in [7, 11) is 1.24. The van der Waals surface area contributed by atoms with Gasteiger partial charge in [-0.3, -0.25) is 0 Å². The first-order chi connectivity index (χ1) is 16.2. The monoisotopic (exact) mass is 520 g/mol. The second-order valence-corrected chi connectivity index (χ2v) is 11.5. The van der Waals surface area contributed by atoms with E-state index in [0.717, 1.165) is 0 Å². The van der Waals surface area contributed by atoms with Crippen LogP contribution in [0.2, 0.25) is 0 Å². The lowest BCUT2D eigenvalue weighted by Crippen LogP contribution is -2.80. The molecular formula is C24H44N2O10. The van der Waals surface area contributed by atoms with Gasteiger partial charge >= 0.3 is 5.97 Å². The maximum atomic E-state index is 12.2. The van der Waals surface area contributed by atoms with Crippen LogP contribution in [-0.4, -0.2) is 104 Å². The molecule has 2 heterocycles. The van der Waals surface area contributed by atoms with Gasteiger partial charge in [-0.25, -0.2) is 10.3 Å². The number of carboxylic acids is 1.